The van der Waals surface area contributed by atoms with Crippen LogP contribution in [0.15, 0.2) is 59.7 Å². The molecule has 7 nitrogen and oxygen atoms in total. The summed E-state index contributed by atoms with van der Waals surface area (Å²) >= 11 is 0. The first kappa shape index (κ1) is 21.6. The zero-order valence-electron chi connectivity index (χ0n) is 17.6. The predicted octanol–water partition coefficient (Wildman–Crippen LogP) is 2.65. The van der Waals surface area contributed by atoms with E-state index in [9.17, 15) is 18.5 Å². The van der Waals surface area contributed by atoms with E-state index in [-0.39, 0.29) is 5.56 Å². The molecular weight excluding hydrogens is 447 g/mol. The Kier molecular flexibility index (Phi) is 5.60. The highest BCUT2D eigenvalue weighted by atomic mass is 31.2. The van der Waals surface area contributed by atoms with E-state index in [1.807, 2.05) is 17.0 Å². The maximum Gasteiger partial charge on any atom is 0.272 e. The van der Waals surface area contributed by atoms with E-state index >= 15 is 0 Å². The van der Waals surface area contributed by atoms with Crippen LogP contribution in [0.2, 0.25) is 0 Å². The molecule has 2 aromatic heterocycles. The first-order valence-electron chi connectivity index (χ1n) is 10.5. The van der Waals surface area contributed by atoms with E-state index in [2.05, 4.69) is 20.2 Å². The Morgan fingerprint density at radius 3 is 2.45 bits per heavy atom. The van der Waals surface area contributed by atoms with Crippen LogP contribution < -0.4 is 15.8 Å². The van der Waals surface area contributed by atoms with Gasteiger partial charge < -0.3 is 4.90 Å². The molecule has 1 aliphatic rings. The number of fused-ring (bicyclic) bond motifs is 1. The van der Waals surface area contributed by atoms with E-state index < -0.39 is 19.1 Å². The minimum Gasteiger partial charge on any atom is -0.333 e. The monoisotopic (exact) mass is 468 g/mol. The molecule has 3 heterocycles. The van der Waals surface area contributed by atoms with Gasteiger partial charge >= 0.3 is 0 Å². The number of hydrogen-bond donors (Lipinski definition) is 2. The molecule has 0 amide bonds. The van der Waals surface area contributed by atoms with Crippen molar-refractivity contribution in [2.45, 2.75) is 6.42 Å². The molecule has 33 heavy (non-hydrogen) atoms. The van der Waals surface area contributed by atoms with Crippen molar-refractivity contribution in [3.8, 4) is 0 Å². The van der Waals surface area contributed by atoms with Crippen LogP contribution in [0.1, 0.15) is 11.3 Å². The summed E-state index contributed by atoms with van der Waals surface area (Å²) < 4.78 is 27.9. The van der Waals surface area contributed by atoms with Gasteiger partial charge in [-0.15, -0.1) is 0 Å². The molecule has 2 aromatic carbocycles. The van der Waals surface area contributed by atoms with Crippen molar-refractivity contribution in [3.05, 3.63) is 88.1 Å². The Bertz CT molecular complexity index is 1370. The van der Waals surface area contributed by atoms with Gasteiger partial charge in [-0.05, 0) is 23.8 Å². The molecular formula is C23H21F2N5O2P+. The van der Waals surface area contributed by atoms with Crippen LogP contribution in [0, 0.1) is 11.6 Å². The van der Waals surface area contributed by atoms with Gasteiger partial charge in [0, 0.05) is 11.8 Å². The van der Waals surface area contributed by atoms with Gasteiger partial charge in [0.05, 0.1) is 36.6 Å². The lowest BCUT2D eigenvalue weighted by Gasteiger charge is -2.32. The molecule has 0 unspecified atom stereocenters. The third-order valence-electron chi connectivity index (χ3n) is 5.97. The number of H-pyrrole nitrogens is 1. The number of rotatable bonds is 4. The summed E-state index contributed by atoms with van der Waals surface area (Å²) in [5.74, 6) is -0.545. The molecule has 0 aliphatic carbocycles. The molecule has 0 bridgehead atoms. The summed E-state index contributed by atoms with van der Waals surface area (Å²) in [5.41, 5.74) is 1.22. The molecule has 168 valence electrons. The number of hydrogen-bond acceptors (Lipinski definition) is 6. The SMILES string of the molecule is O=c1[nH]nc(Cc2ccc(F)c([P+]3(O)CCN(c4ncc(F)cn4)CC3)c2)c2ccccc12. The fourth-order valence-corrected chi connectivity index (χ4v) is 6.92. The van der Waals surface area contributed by atoms with Crippen LogP contribution in [-0.4, -0.2) is 50.5 Å². The lowest BCUT2D eigenvalue weighted by molar-refractivity contribution is 0.583. The summed E-state index contributed by atoms with van der Waals surface area (Å²) in [4.78, 5) is 33.3. The van der Waals surface area contributed by atoms with Crippen molar-refractivity contribution in [2.75, 3.05) is 30.3 Å². The first-order chi connectivity index (χ1) is 15.9. The van der Waals surface area contributed by atoms with Gasteiger partial charge in [-0.2, -0.15) is 5.10 Å². The average Bonchev–Trinajstić information content (AvgIpc) is 2.83. The average molecular weight is 468 g/mol. The van der Waals surface area contributed by atoms with E-state index in [1.165, 1.54) is 6.07 Å². The summed E-state index contributed by atoms with van der Waals surface area (Å²) in [5, 5.41) is 8.35. The number of aromatic nitrogens is 4. The van der Waals surface area contributed by atoms with E-state index in [0.717, 1.165) is 23.3 Å². The van der Waals surface area contributed by atoms with Crippen LogP contribution in [0.3, 0.4) is 0 Å². The van der Waals surface area contributed by atoms with Gasteiger partial charge in [0.1, 0.15) is 12.3 Å². The highest BCUT2D eigenvalue weighted by Gasteiger charge is 2.45. The zero-order chi connectivity index (χ0) is 23.0. The molecule has 2 N–H and O–H groups in total. The second-order valence-electron chi connectivity index (χ2n) is 8.07. The third-order valence-corrected chi connectivity index (χ3v) is 9.09. The van der Waals surface area contributed by atoms with Gasteiger partial charge in [-0.1, -0.05) is 24.3 Å². The smallest absolute Gasteiger partial charge is 0.272 e. The number of benzene rings is 2. The minimum absolute atomic E-state index is 0.258. The van der Waals surface area contributed by atoms with Crippen LogP contribution in [0.5, 0.6) is 0 Å². The normalized spacial score (nSPS) is 15.7. The Hall–Kier alpha value is -3.29. The van der Waals surface area contributed by atoms with Crippen molar-refractivity contribution in [1.29, 1.82) is 0 Å². The van der Waals surface area contributed by atoms with E-state index in [4.69, 9.17) is 0 Å². The van der Waals surface area contributed by atoms with Crippen molar-refractivity contribution in [3.63, 3.8) is 0 Å². The Morgan fingerprint density at radius 1 is 1.03 bits per heavy atom. The molecule has 4 aromatic rings. The third kappa shape index (κ3) is 4.21. The Balaban J connectivity index is 1.40. The van der Waals surface area contributed by atoms with Crippen LogP contribution >= 0.6 is 7.49 Å². The minimum atomic E-state index is -2.73. The van der Waals surface area contributed by atoms with Gasteiger partial charge in [-0.3, -0.25) is 4.79 Å². The lowest BCUT2D eigenvalue weighted by Crippen LogP contribution is -2.41. The van der Waals surface area contributed by atoms with Gasteiger partial charge in [0.15, 0.2) is 24.4 Å². The molecule has 1 saturated heterocycles. The van der Waals surface area contributed by atoms with Crippen molar-refractivity contribution in [2.24, 2.45) is 0 Å². The number of anilines is 1. The van der Waals surface area contributed by atoms with Gasteiger partial charge in [-0.25, -0.2) is 28.7 Å². The first-order valence-corrected chi connectivity index (χ1v) is 12.6. The fourth-order valence-electron chi connectivity index (χ4n) is 4.19. The van der Waals surface area contributed by atoms with E-state index in [1.54, 1.807) is 24.3 Å². The highest BCUT2D eigenvalue weighted by Crippen LogP contribution is 2.55. The quantitative estimate of drug-likeness (QED) is 0.448. The summed E-state index contributed by atoms with van der Waals surface area (Å²) in [6.07, 6.45) is 3.37. The van der Waals surface area contributed by atoms with Crippen molar-refractivity contribution < 1.29 is 13.7 Å². The van der Waals surface area contributed by atoms with Crippen LogP contribution in [0.4, 0.5) is 14.7 Å². The second-order valence-corrected chi connectivity index (χ2v) is 11.3. The Labute approximate surface area is 188 Å². The standard InChI is InChI=1S/C23H20F2N5O2P/c24-16-13-26-23(27-14-16)30-7-9-33(32,10-8-30)21-12-15(5-6-19(21)25)11-20-17-3-1-2-4-18(17)22(31)29-28-20/h1-6,12-14,32H,7-11H2/p+1. The molecule has 0 saturated carbocycles. The largest absolute Gasteiger partial charge is 0.333 e. The molecule has 5 rings (SSSR count). The van der Waals surface area contributed by atoms with Gasteiger partial charge in [0.2, 0.25) is 5.95 Å². The number of aromatic amines is 1. The van der Waals surface area contributed by atoms with Crippen molar-refractivity contribution >= 4 is 29.5 Å². The molecule has 0 atom stereocenters. The zero-order valence-corrected chi connectivity index (χ0v) is 18.5. The summed E-state index contributed by atoms with van der Waals surface area (Å²) in [7, 11) is -2.73. The van der Waals surface area contributed by atoms with E-state index in [0.29, 0.717) is 54.2 Å². The maximum atomic E-state index is 14.8. The topological polar surface area (TPSA) is 95.0 Å². The predicted molar refractivity (Wildman–Crippen MR) is 124 cm³/mol. The van der Waals surface area contributed by atoms with Crippen LogP contribution in [0.25, 0.3) is 10.8 Å². The number of nitrogens with zero attached hydrogens (tertiary/aromatic N) is 4. The number of halogens is 2. The highest BCUT2D eigenvalue weighted by molar-refractivity contribution is 7.77. The molecule has 1 aliphatic heterocycles. The second kappa shape index (κ2) is 8.57. The summed E-state index contributed by atoms with van der Waals surface area (Å²) in [6.45, 7) is 0.900. The molecule has 10 heteroatoms. The maximum absolute atomic E-state index is 14.8. The lowest BCUT2D eigenvalue weighted by atomic mass is 10.0. The van der Waals surface area contributed by atoms with Crippen molar-refractivity contribution in [1.82, 2.24) is 20.2 Å². The number of nitrogens with one attached hydrogen (secondary N) is 1. The Morgan fingerprint density at radius 2 is 1.73 bits per heavy atom. The van der Waals surface area contributed by atoms with Gasteiger partial charge in [0.25, 0.3) is 5.56 Å². The molecule has 0 spiro atoms. The molecule has 1 fully saturated rings. The van der Waals surface area contributed by atoms with Crippen LogP contribution in [-0.2, 0) is 6.42 Å². The fraction of sp³-hybridized carbons (Fsp3) is 0.217. The molecule has 0 radical (unpaired) electrons. The summed E-state index contributed by atoms with van der Waals surface area (Å²) in [6, 6.07) is 12.0.